The van der Waals surface area contributed by atoms with E-state index in [-0.39, 0.29) is 5.91 Å². The fourth-order valence-electron chi connectivity index (χ4n) is 1.75. The molecular formula is C14H8BrNOS3. The van der Waals surface area contributed by atoms with E-state index in [4.69, 9.17) is 12.2 Å². The Bertz CT molecular complexity index is 718. The number of nitrogens with one attached hydrogen (secondary N) is 1. The number of benzene rings is 1. The van der Waals surface area contributed by atoms with Gasteiger partial charge in [-0.3, -0.25) is 4.79 Å². The Morgan fingerprint density at radius 2 is 1.90 bits per heavy atom. The highest BCUT2D eigenvalue weighted by atomic mass is 79.9. The highest BCUT2D eigenvalue weighted by molar-refractivity contribution is 9.10. The molecule has 3 rings (SSSR count). The van der Waals surface area contributed by atoms with Crippen LogP contribution in [0.25, 0.3) is 16.5 Å². The van der Waals surface area contributed by atoms with Crippen molar-refractivity contribution in [3.05, 3.63) is 50.7 Å². The van der Waals surface area contributed by atoms with Gasteiger partial charge in [-0.05, 0) is 35.9 Å². The van der Waals surface area contributed by atoms with Crippen molar-refractivity contribution in [3.8, 4) is 10.4 Å². The molecule has 0 saturated carbocycles. The van der Waals surface area contributed by atoms with E-state index in [9.17, 15) is 4.79 Å². The van der Waals surface area contributed by atoms with Crippen LogP contribution in [0.4, 0.5) is 0 Å². The Morgan fingerprint density at radius 1 is 1.15 bits per heavy atom. The lowest BCUT2D eigenvalue weighted by molar-refractivity contribution is -0.115. The Kier molecular flexibility index (Phi) is 4.07. The summed E-state index contributed by atoms with van der Waals surface area (Å²) >= 11 is 11.4. The highest BCUT2D eigenvalue weighted by Crippen LogP contribution is 2.32. The molecule has 1 aromatic heterocycles. The average molecular weight is 382 g/mol. The summed E-state index contributed by atoms with van der Waals surface area (Å²) in [7, 11) is 0. The van der Waals surface area contributed by atoms with E-state index in [1.54, 1.807) is 11.3 Å². The summed E-state index contributed by atoms with van der Waals surface area (Å²) < 4.78 is 1.58. The van der Waals surface area contributed by atoms with Gasteiger partial charge in [0.2, 0.25) is 0 Å². The van der Waals surface area contributed by atoms with E-state index >= 15 is 0 Å². The molecule has 1 aliphatic heterocycles. The van der Waals surface area contributed by atoms with Gasteiger partial charge in [-0.2, -0.15) is 0 Å². The summed E-state index contributed by atoms with van der Waals surface area (Å²) in [5.41, 5.74) is 1.17. The monoisotopic (exact) mass is 381 g/mol. The molecule has 2 aromatic rings. The fourth-order valence-corrected chi connectivity index (χ4v) is 4.08. The first-order valence-corrected chi connectivity index (χ1v) is 8.56. The average Bonchev–Trinajstić information content (AvgIpc) is 2.98. The molecule has 100 valence electrons. The van der Waals surface area contributed by atoms with Gasteiger partial charge in [-0.25, -0.2) is 0 Å². The Hall–Kier alpha value is -0.950. The summed E-state index contributed by atoms with van der Waals surface area (Å²) in [4.78, 5) is 14.5. The molecular weight excluding hydrogens is 374 g/mol. The fraction of sp³-hybridized carbons (Fsp3) is 0. The van der Waals surface area contributed by atoms with Crippen LogP contribution in [0.15, 0.2) is 45.8 Å². The van der Waals surface area contributed by atoms with Crippen LogP contribution in [0.1, 0.15) is 4.88 Å². The summed E-state index contributed by atoms with van der Waals surface area (Å²) in [5.74, 6) is -0.112. The third kappa shape index (κ3) is 3.03. The third-order valence-electron chi connectivity index (χ3n) is 2.67. The quantitative estimate of drug-likeness (QED) is 0.605. The molecule has 1 N–H and O–H groups in total. The number of carbonyl (C=O) groups excluding carboxylic acids is 1. The van der Waals surface area contributed by atoms with Crippen LogP contribution in [-0.4, -0.2) is 10.2 Å². The van der Waals surface area contributed by atoms with Crippen LogP contribution in [-0.2, 0) is 4.79 Å². The molecule has 20 heavy (non-hydrogen) atoms. The molecule has 6 heteroatoms. The van der Waals surface area contributed by atoms with Crippen molar-refractivity contribution in [2.45, 2.75) is 0 Å². The molecule has 0 atom stereocenters. The second-order valence-corrected chi connectivity index (χ2v) is 7.81. The lowest BCUT2D eigenvalue weighted by Crippen LogP contribution is -2.17. The van der Waals surface area contributed by atoms with Gasteiger partial charge in [0.15, 0.2) is 0 Å². The Labute approximate surface area is 138 Å². The first-order chi connectivity index (χ1) is 9.61. The van der Waals surface area contributed by atoms with Crippen molar-refractivity contribution in [1.82, 2.24) is 5.32 Å². The normalized spacial score (nSPS) is 16.8. The number of thiocarbonyl (C=S) groups is 1. The van der Waals surface area contributed by atoms with Crippen molar-refractivity contribution < 1.29 is 4.79 Å². The predicted molar refractivity (Wildman–Crippen MR) is 93.8 cm³/mol. The number of rotatable bonds is 2. The van der Waals surface area contributed by atoms with Gasteiger partial charge in [0.1, 0.15) is 4.32 Å². The van der Waals surface area contributed by atoms with Crippen LogP contribution in [0.2, 0.25) is 0 Å². The smallest absolute Gasteiger partial charge is 0.263 e. The molecule has 0 bridgehead atoms. The van der Waals surface area contributed by atoms with Crippen LogP contribution < -0.4 is 5.32 Å². The first kappa shape index (κ1) is 14.0. The van der Waals surface area contributed by atoms with Crippen molar-refractivity contribution in [1.29, 1.82) is 0 Å². The van der Waals surface area contributed by atoms with Crippen molar-refractivity contribution in [2.75, 3.05) is 0 Å². The van der Waals surface area contributed by atoms with E-state index < -0.39 is 0 Å². The molecule has 0 unspecified atom stereocenters. The maximum absolute atomic E-state index is 11.6. The lowest BCUT2D eigenvalue weighted by Gasteiger charge is -1.96. The second kappa shape index (κ2) is 5.81. The minimum absolute atomic E-state index is 0.112. The van der Waals surface area contributed by atoms with E-state index in [1.165, 1.54) is 22.2 Å². The topological polar surface area (TPSA) is 29.1 Å². The lowest BCUT2D eigenvalue weighted by atomic mass is 10.2. The Balaban J connectivity index is 1.87. The van der Waals surface area contributed by atoms with E-state index in [0.717, 1.165) is 9.35 Å². The molecule has 1 aliphatic rings. The van der Waals surface area contributed by atoms with E-state index in [2.05, 4.69) is 39.4 Å². The molecule has 1 saturated heterocycles. The zero-order valence-electron chi connectivity index (χ0n) is 10.1. The van der Waals surface area contributed by atoms with E-state index in [0.29, 0.717) is 9.23 Å². The van der Waals surface area contributed by atoms with Crippen molar-refractivity contribution in [2.24, 2.45) is 0 Å². The first-order valence-electron chi connectivity index (χ1n) is 5.72. The molecule has 1 amide bonds. The summed E-state index contributed by atoms with van der Waals surface area (Å²) in [6, 6.07) is 12.3. The van der Waals surface area contributed by atoms with Crippen LogP contribution >= 0.6 is 51.2 Å². The van der Waals surface area contributed by atoms with Gasteiger partial charge in [-0.15, -0.1) is 11.3 Å². The maximum atomic E-state index is 11.6. The number of carbonyl (C=O) groups is 1. The van der Waals surface area contributed by atoms with Crippen molar-refractivity contribution >= 4 is 67.6 Å². The van der Waals surface area contributed by atoms with Gasteiger partial charge in [0.05, 0.1) is 4.91 Å². The Morgan fingerprint density at radius 3 is 2.55 bits per heavy atom. The largest absolute Gasteiger partial charge is 0.307 e. The number of hydrogen-bond acceptors (Lipinski definition) is 4. The molecule has 0 radical (unpaired) electrons. The van der Waals surface area contributed by atoms with Gasteiger partial charge in [-0.1, -0.05) is 52.0 Å². The third-order valence-corrected chi connectivity index (χ3v) is 5.44. The number of amides is 1. The highest BCUT2D eigenvalue weighted by Gasteiger charge is 2.22. The zero-order valence-corrected chi connectivity index (χ0v) is 14.1. The minimum Gasteiger partial charge on any atom is -0.307 e. The van der Waals surface area contributed by atoms with Crippen molar-refractivity contribution in [3.63, 3.8) is 0 Å². The predicted octanol–water partition coefficient (Wildman–Crippen LogP) is 4.67. The summed E-state index contributed by atoms with van der Waals surface area (Å²) in [6.45, 7) is 0. The maximum Gasteiger partial charge on any atom is 0.263 e. The molecule has 1 fully saturated rings. The number of halogens is 1. The van der Waals surface area contributed by atoms with Gasteiger partial charge in [0, 0.05) is 14.2 Å². The second-order valence-electron chi connectivity index (χ2n) is 4.06. The van der Waals surface area contributed by atoms with Gasteiger partial charge < -0.3 is 5.32 Å². The van der Waals surface area contributed by atoms with E-state index in [1.807, 2.05) is 24.3 Å². The van der Waals surface area contributed by atoms with Crippen LogP contribution in [0, 0.1) is 0 Å². The van der Waals surface area contributed by atoms with Crippen LogP contribution in [0.3, 0.4) is 0 Å². The molecule has 0 aliphatic carbocycles. The molecule has 1 aromatic carbocycles. The minimum atomic E-state index is -0.112. The molecule has 2 heterocycles. The SMILES string of the molecule is O=C1NC(=S)S/C1=C\c1ccc(-c2ccc(Br)cc2)s1. The number of thioether (sulfide) groups is 1. The molecule has 2 nitrogen and oxygen atoms in total. The standard InChI is InChI=1S/C14H8BrNOS3/c15-9-3-1-8(2-4-9)11-6-5-10(19-11)7-12-13(17)16-14(18)20-12/h1-7H,(H,16,17,18)/b12-7-. The summed E-state index contributed by atoms with van der Waals surface area (Å²) in [5, 5.41) is 2.62. The van der Waals surface area contributed by atoms with Crippen LogP contribution in [0.5, 0.6) is 0 Å². The van der Waals surface area contributed by atoms with Gasteiger partial charge >= 0.3 is 0 Å². The molecule has 0 spiro atoms. The van der Waals surface area contributed by atoms with Gasteiger partial charge in [0.25, 0.3) is 5.91 Å². The number of hydrogen-bond donors (Lipinski definition) is 1. The summed E-state index contributed by atoms with van der Waals surface area (Å²) in [6.07, 6.45) is 1.88. The number of thiophene rings is 1. The zero-order chi connectivity index (χ0) is 14.1.